The summed E-state index contributed by atoms with van der Waals surface area (Å²) in [4.78, 5) is 24.2. The molecule has 4 rings (SSSR count). The Kier molecular flexibility index (Phi) is 7.22. The van der Waals surface area contributed by atoms with Crippen LogP contribution in [-0.2, 0) is 16.0 Å². The number of aliphatic hydroxyl groups is 1. The van der Waals surface area contributed by atoms with Gasteiger partial charge in [-0.15, -0.1) is 5.10 Å². The van der Waals surface area contributed by atoms with Gasteiger partial charge in [-0.3, -0.25) is 9.59 Å². The molecular formula is C25H27FN4O4. The highest BCUT2D eigenvalue weighted by Crippen LogP contribution is 2.30. The molecule has 0 aliphatic carbocycles. The molecule has 1 aliphatic heterocycles. The van der Waals surface area contributed by atoms with Crippen molar-refractivity contribution in [2.45, 2.75) is 26.2 Å². The van der Waals surface area contributed by atoms with E-state index in [1.54, 1.807) is 16.8 Å². The molecule has 2 amide bonds. The first-order chi connectivity index (χ1) is 16.5. The van der Waals surface area contributed by atoms with Gasteiger partial charge in [0, 0.05) is 30.7 Å². The van der Waals surface area contributed by atoms with Gasteiger partial charge in [0.05, 0.1) is 23.9 Å². The van der Waals surface area contributed by atoms with Gasteiger partial charge in [0.15, 0.2) is 17.4 Å². The summed E-state index contributed by atoms with van der Waals surface area (Å²) in [6.07, 6.45) is 2.06. The number of hydrogen-bond acceptors (Lipinski definition) is 5. The summed E-state index contributed by atoms with van der Waals surface area (Å²) < 4.78 is 21.2. The highest BCUT2D eigenvalue weighted by molar-refractivity contribution is 5.97. The van der Waals surface area contributed by atoms with Gasteiger partial charge in [0.1, 0.15) is 6.61 Å². The van der Waals surface area contributed by atoms with Crippen LogP contribution in [-0.4, -0.2) is 46.5 Å². The molecule has 1 aromatic heterocycles. The Morgan fingerprint density at radius 2 is 2.15 bits per heavy atom. The van der Waals surface area contributed by atoms with Crippen LogP contribution in [0, 0.1) is 11.7 Å². The van der Waals surface area contributed by atoms with Crippen molar-refractivity contribution in [1.82, 2.24) is 15.1 Å². The minimum atomic E-state index is -0.553. The fourth-order valence-electron chi connectivity index (χ4n) is 3.93. The number of nitrogens with one attached hydrogen (secondary N) is 2. The molecule has 0 unspecified atom stereocenters. The quantitative estimate of drug-likeness (QED) is 0.450. The Bertz CT molecular complexity index is 1190. The lowest BCUT2D eigenvalue weighted by atomic mass is 10.0. The summed E-state index contributed by atoms with van der Waals surface area (Å²) in [6.45, 7) is 2.12. The molecule has 178 valence electrons. The number of ether oxygens (including phenoxy) is 1. The second kappa shape index (κ2) is 10.5. The predicted molar refractivity (Wildman–Crippen MR) is 125 cm³/mol. The van der Waals surface area contributed by atoms with Crippen LogP contribution in [0.2, 0.25) is 0 Å². The number of benzene rings is 2. The molecule has 8 nitrogen and oxygen atoms in total. The molecule has 1 fully saturated rings. The van der Waals surface area contributed by atoms with E-state index < -0.39 is 11.7 Å². The first-order valence-corrected chi connectivity index (χ1v) is 11.3. The van der Waals surface area contributed by atoms with Crippen LogP contribution in [0.25, 0.3) is 16.9 Å². The van der Waals surface area contributed by atoms with Crippen molar-refractivity contribution >= 4 is 17.6 Å². The van der Waals surface area contributed by atoms with Gasteiger partial charge >= 0.3 is 0 Å². The number of carbonyl (C=O) groups is 2. The van der Waals surface area contributed by atoms with Crippen LogP contribution in [0.3, 0.4) is 0 Å². The second-order valence-electron chi connectivity index (χ2n) is 8.16. The molecule has 1 aliphatic rings. The molecular weight excluding hydrogens is 439 g/mol. The lowest BCUT2D eigenvalue weighted by Crippen LogP contribution is -2.24. The Labute approximate surface area is 196 Å². The topological polar surface area (TPSA) is 105 Å². The van der Waals surface area contributed by atoms with Crippen LogP contribution >= 0.6 is 0 Å². The third-order valence-corrected chi connectivity index (χ3v) is 5.58. The number of halogens is 1. The van der Waals surface area contributed by atoms with Crippen LogP contribution in [0.15, 0.2) is 48.5 Å². The van der Waals surface area contributed by atoms with E-state index in [1.807, 2.05) is 12.1 Å². The molecule has 0 radical (unpaired) electrons. The Balaban J connectivity index is 1.72. The van der Waals surface area contributed by atoms with Crippen molar-refractivity contribution in [2.75, 3.05) is 25.1 Å². The van der Waals surface area contributed by atoms with Crippen molar-refractivity contribution in [1.29, 1.82) is 0 Å². The van der Waals surface area contributed by atoms with E-state index in [2.05, 4.69) is 34.8 Å². The van der Waals surface area contributed by atoms with Crippen LogP contribution < -0.4 is 15.4 Å². The average Bonchev–Trinajstić information content (AvgIpc) is 3.45. The molecule has 1 atom stereocenters. The van der Waals surface area contributed by atoms with E-state index in [0.717, 1.165) is 18.4 Å². The average molecular weight is 467 g/mol. The van der Waals surface area contributed by atoms with Gasteiger partial charge in [-0.1, -0.05) is 31.5 Å². The third kappa shape index (κ3) is 5.26. The van der Waals surface area contributed by atoms with Crippen LogP contribution in [0.5, 0.6) is 5.75 Å². The van der Waals surface area contributed by atoms with Gasteiger partial charge in [-0.05, 0) is 30.2 Å². The van der Waals surface area contributed by atoms with Crippen molar-refractivity contribution in [3.63, 3.8) is 0 Å². The lowest BCUT2D eigenvalue weighted by molar-refractivity contribution is -0.123. The van der Waals surface area contributed by atoms with Gasteiger partial charge < -0.3 is 20.5 Å². The number of rotatable bonds is 9. The van der Waals surface area contributed by atoms with Crippen molar-refractivity contribution < 1.29 is 23.8 Å². The zero-order valence-electron chi connectivity index (χ0n) is 18.9. The number of amides is 2. The van der Waals surface area contributed by atoms with Gasteiger partial charge in [0.2, 0.25) is 11.8 Å². The molecule has 9 heteroatoms. The summed E-state index contributed by atoms with van der Waals surface area (Å²) in [5, 5.41) is 19.1. The maximum atomic E-state index is 14.2. The molecule has 2 heterocycles. The molecule has 1 saturated heterocycles. The molecule has 3 aromatic rings. The second-order valence-corrected chi connectivity index (χ2v) is 8.16. The molecule has 34 heavy (non-hydrogen) atoms. The number of aliphatic hydroxyl groups excluding tert-OH is 1. The SMILES string of the molecule is CCCc1cccc(-c2cc(NC(=O)[C@@H]3CNC(=O)C3)nn2-c2ccc(F)c(OCCO)c2)c1. The summed E-state index contributed by atoms with van der Waals surface area (Å²) >= 11 is 0. The fourth-order valence-corrected chi connectivity index (χ4v) is 3.93. The van der Waals surface area contributed by atoms with Gasteiger partial charge in [-0.25, -0.2) is 9.07 Å². The van der Waals surface area contributed by atoms with E-state index in [0.29, 0.717) is 23.7 Å². The Hall–Kier alpha value is -3.72. The van der Waals surface area contributed by atoms with Crippen molar-refractivity contribution in [3.8, 4) is 22.7 Å². The number of hydrogen-bond donors (Lipinski definition) is 3. The first kappa shape index (κ1) is 23.4. The third-order valence-electron chi connectivity index (χ3n) is 5.58. The van der Waals surface area contributed by atoms with E-state index in [9.17, 15) is 14.0 Å². The zero-order chi connectivity index (χ0) is 24.1. The number of aryl methyl sites for hydroxylation is 1. The maximum absolute atomic E-state index is 14.2. The first-order valence-electron chi connectivity index (χ1n) is 11.3. The van der Waals surface area contributed by atoms with E-state index in [-0.39, 0.29) is 37.2 Å². The summed E-state index contributed by atoms with van der Waals surface area (Å²) in [5.74, 6) is -1.14. The summed E-state index contributed by atoms with van der Waals surface area (Å²) in [7, 11) is 0. The molecule has 0 spiro atoms. The summed E-state index contributed by atoms with van der Waals surface area (Å²) in [6, 6.07) is 14.1. The highest BCUT2D eigenvalue weighted by Gasteiger charge is 2.28. The number of carbonyl (C=O) groups excluding carboxylic acids is 2. The van der Waals surface area contributed by atoms with Crippen LogP contribution in [0.4, 0.5) is 10.2 Å². The monoisotopic (exact) mass is 466 g/mol. The smallest absolute Gasteiger partial charge is 0.230 e. The Morgan fingerprint density at radius 3 is 2.88 bits per heavy atom. The normalized spacial score (nSPS) is 15.3. The minimum Gasteiger partial charge on any atom is -0.488 e. The summed E-state index contributed by atoms with van der Waals surface area (Å²) in [5.41, 5.74) is 3.29. The van der Waals surface area contributed by atoms with Crippen molar-refractivity contribution in [2.24, 2.45) is 5.92 Å². The molecule has 0 saturated carbocycles. The van der Waals surface area contributed by atoms with E-state index in [4.69, 9.17) is 9.84 Å². The maximum Gasteiger partial charge on any atom is 0.230 e. The number of aromatic nitrogens is 2. The van der Waals surface area contributed by atoms with Crippen molar-refractivity contribution in [3.05, 3.63) is 59.9 Å². The Morgan fingerprint density at radius 1 is 1.29 bits per heavy atom. The van der Waals surface area contributed by atoms with Gasteiger partial charge in [-0.2, -0.15) is 0 Å². The lowest BCUT2D eigenvalue weighted by Gasteiger charge is -2.11. The molecule has 2 aromatic carbocycles. The fraction of sp³-hybridized carbons (Fsp3) is 0.320. The number of anilines is 1. The standard InChI is InChI=1S/C25H27FN4O4/c1-2-4-16-5-3-6-17(11-16)21-14-23(28-25(33)18-12-24(32)27-15-18)29-30(21)19-7-8-20(26)22(13-19)34-10-9-31/h3,5-8,11,13-14,18,31H,2,4,9-10,12,15H2,1H3,(H,27,32)(H,28,29,33)/t18-/m0/s1. The minimum absolute atomic E-state index is 0.00568. The largest absolute Gasteiger partial charge is 0.488 e. The van der Waals surface area contributed by atoms with Crippen LogP contribution in [0.1, 0.15) is 25.3 Å². The van der Waals surface area contributed by atoms with Gasteiger partial charge in [0.25, 0.3) is 0 Å². The molecule has 3 N–H and O–H groups in total. The number of nitrogens with zero attached hydrogens (tertiary/aromatic N) is 2. The van der Waals surface area contributed by atoms with E-state index >= 15 is 0 Å². The predicted octanol–water partition coefficient (Wildman–Crippen LogP) is 3.08. The molecule has 0 bridgehead atoms. The van der Waals surface area contributed by atoms with E-state index in [1.165, 1.54) is 17.7 Å². The zero-order valence-corrected chi connectivity index (χ0v) is 18.9. The highest BCUT2D eigenvalue weighted by atomic mass is 19.1.